The third-order valence-corrected chi connectivity index (χ3v) is 6.80. The van der Waals surface area contributed by atoms with Crippen LogP contribution in [0.2, 0.25) is 0 Å². The van der Waals surface area contributed by atoms with Gasteiger partial charge in [0.2, 0.25) is 0 Å². The normalized spacial score (nSPS) is 11.6. The lowest BCUT2D eigenvalue weighted by Crippen LogP contribution is -2.19. The first-order valence-electron chi connectivity index (χ1n) is 8.43. The SMILES string of the molecule is N#Cc1ccc(NS(=O)(=O)c2ccc(F)cc2F)c(NS(=O)(=O)c2ccc(F)cc2F)c1. The summed E-state index contributed by atoms with van der Waals surface area (Å²) in [7, 11) is -9.37. The van der Waals surface area contributed by atoms with E-state index in [4.69, 9.17) is 5.26 Å². The molecule has 32 heavy (non-hydrogen) atoms. The van der Waals surface area contributed by atoms with Gasteiger partial charge in [-0.1, -0.05) is 0 Å². The molecule has 13 heteroatoms. The molecule has 0 amide bonds. The molecule has 0 saturated heterocycles. The van der Waals surface area contributed by atoms with E-state index in [1.807, 2.05) is 9.44 Å². The average Bonchev–Trinajstić information content (AvgIpc) is 2.68. The molecule has 166 valence electrons. The fourth-order valence-corrected chi connectivity index (χ4v) is 4.84. The lowest BCUT2D eigenvalue weighted by atomic mass is 10.2. The van der Waals surface area contributed by atoms with Gasteiger partial charge in [0.15, 0.2) is 0 Å². The summed E-state index contributed by atoms with van der Waals surface area (Å²) in [6.07, 6.45) is 0. The van der Waals surface area contributed by atoms with Crippen molar-refractivity contribution in [3.63, 3.8) is 0 Å². The number of nitriles is 1. The number of hydrogen-bond acceptors (Lipinski definition) is 5. The average molecular weight is 485 g/mol. The second kappa shape index (κ2) is 8.48. The van der Waals surface area contributed by atoms with Gasteiger partial charge < -0.3 is 0 Å². The van der Waals surface area contributed by atoms with Gasteiger partial charge in [0.1, 0.15) is 33.1 Å². The second-order valence-corrected chi connectivity index (χ2v) is 9.53. The number of benzene rings is 3. The molecule has 0 saturated carbocycles. The molecule has 0 fully saturated rings. The first-order valence-corrected chi connectivity index (χ1v) is 11.4. The first kappa shape index (κ1) is 23.0. The molecule has 3 rings (SSSR count). The molecule has 0 atom stereocenters. The standard InChI is InChI=1S/C19H11F4N3O4S2/c20-12-2-5-18(14(22)8-12)31(27,28)25-16-4-1-11(10-24)7-17(16)26-32(29,30)19-6-3-13(21)9-15(19)23/h1-9,25-26H. The number of nitrogens with one attached hydrogen (secondary N) is 2. The molecule has 0 unspecified atom stereocenters. The zero-order valence-corrected chi connectivity index (χ0v) is 17.2. The minimum Gasteiger partial charge on any atom is -0.277 e. The second-order valence-electron chi connectivity index (χ2n) is 6.23. The topological polar surface area (TPSA) is 116 Å². The largest absolute Gasteiger partial charge is 0.277 e. The lowest BCUT2D eigenvalue weighted by Gasteiger charge is -2.15. The van der Waals surface area contributed by atoms with E-state index < -0.39 is 64.5 Å². The maximum atomic E-state index is 14.0. The first-order chi connectivity index (χ1) is 14.9. The van der Waals surface area contributed by atoms with Crippen LogP contribution in [0.3, 0.4) is 0 Å². The van der Waals surface area contributed by atoms with Crippen molar-refractivity contribution in [3.8, 4) is 6.07 Å². The Morgan fingerprint density at radius 2 is 1.12 bits per heavy atom. The monoisotopic (exact) mass is 485 g/mol. The summed E-state index contributed by atoms with van der Waals surface area (Å²) in [5.74, 6) is -4.86. The third kappa shape index (κ3) is 4.82. The van der Waals surface area contributed by atoms with Crippen molar-refractivity contribution < 1.29 is 34.4 Å². The van der Waals surface area contributed by atoms with Crippen LogP contribution in [0.1, 0.15) is 5.56 Å². The molecule has 0 bridgehead atoms. The summed E-state index contributed by atoms with van der Waals surface area (Å²) < 4.78 is 108. The van der Waals surface area contributed by atoms with Crippen LogP contribution >= 0.6 is 0 Å². The van der Waals surface area contributed by atoms with Gasteiger partial charge in [0.25, 0.3) is 20.0 Å². The van der Waals surface area contributed by atoms with Crippen LogP contribution in [0.5, 0.6) is 0 Å². The van der Waals surface area contributed by atoms with Crippen molar-refractivity contribution in [1.29, 1.82) is 5.26 Å². The fraction of sp³-hybridized carbons (Fsp3) is 0. The van der Waals surface area contributed by atoms with Crippen LogP contribution in [-0.2, 0) is 20.0 Å². The molecular weight excluding hydrogens is 474 g/mol. The van der Waals surface area contributed by atoms with Gasteiger partial charge in [-0.3, -0.25) is 9.44 Å². The van der Waals surface area contributed by atoms with E-state index in [1.165, 1.54) is 0 Å². The van der Waals surface area contributed by atoms with Gasteiger partial charge in [-0.05, 0) is 42.5 Å². The highest BCUT2D eigenvalue weighted by Crippen LogP contribution is 2.29. The molecule has 0 aliphatic heterocycles. The smallest absolute Gasteiger partial charge is 0.264 e. The Labute approximate surface area is 180 Å². The number of hydrogen-bond donors (Lipinski definition) is 2. The molecule has 2 N–H and O–H groups in total. The molecular formula is C19H11F4N3O4S2. The van der Waals surface area contributed by atoms with E-state index in [1.54, 1.807) is 6.07 Å². The van der Waals surface area contributed by atoms with Gasteiger partial charge in [-0.2, -0.15) is 5.26 Å². The van der Waals surface area contributed by atoms with Gasteiger partial charge >= 0.3 is 0 Å². The van der Waals surface area contributed by atoms with Crippen molar-refractivity contribution >= 4 is 31.4 Å². The maximum Gasteiger partial charge on any atom is 0.264 e. The van der Waals surface area contributed by atoms with Crippen molar-refractivity contribution in [2.24, 2.45) is 0 Å². The van der Waals surface area contributed by atoms with Crippen LogP contribution in [0, 0.1) is 34.6 Å². The van der Waals surface area contributed by atoms with Crippen LogP contribution in [-0.4, -0.2) is 16.8 Å². The highest BCUT2D eigenvalue weighted by molar-refractivity contribution is 7.93. The Morgan fingerprint density at radius 3 is 1.56 bits per heavy atom. The fourth-order valence-electron chi connectivity index (χ4n) is 2.57. The number of nitrogens with zero attached hydrogens (tertiary/aromatic N) is 1. The highest BCUT2D eigenvalue weighted by Gasteiger charge is 2.24. The molecule has 3 aromatic carbocycles. The van der Waals surface area contributed by atoms with Crippen LogP contribution < -0.4 is 9.44 Å². The van der Waals surface area contributed by atoms with Gasteiger partial charge in [-0.25, -0.2) is 34.4 Å². The van der Waals surface area contributed by atoms with Gasteiger partial charge in [0.05, 0.1) is 23.0 Å². The summed E-state index contributed by atoms with van der Waals surface area (Å²) in [5, 5.41) is 9.06. The van der Waals surface area contributed by atoms with Gasteiger partial charge in [0, 0.05) is 12.1 Å². The van der Waals surface area contributed by atoms with E-state index in [-0.39, 0.29) is 5.56 Å². The zero-order chi connectivity index (χ0) is 23.7. The molecule has 0 aromatic heterocycles. The van der Waals surface area contributed by atoms with Crippen molar-refractivity contribution in [2.75, 3.05) is 9.44 Å². The van der Waals surface area contributed by atoms with Crippen LogP contribution in [0.25, 0.3) is 0 Å². The molecule has 0 radical (unpaired) electrons. The minimum absolute atomic E-state index is 0.0989. The number of halogens is 4. The highest BCUT2D eigenvalue weighted by atomic mass is 32.2. The van der Waals surface area contributed by atoms with Crippen molar-refractivity contribution in [3.05, 3.63) is 83.4 Å². The Morgan fingerprint density at radius 1 is 0.656 bits per heavy atom. The Bertz CT molecular complexity index is 1470. The summed E-state index contributed by atoms with van der Waals surface area (Å²) in [6.45, 7) is 0. The Balaban J connectivity index is 2.05. The van der Waals surface area contributed by atoms with Gasteiger partial charge in [-0.15, -0.1) is 0 Å². The van der Waals surface area contributed by atoms with E-state index >= 15 is 0 Å². The summed E-state index contributed by atoms with van der Waals surface area (Å²) in [6, 6.07) is 8.19. The number of rotatable bonds is 6. The van der Waals surface area contributed by atoms with E-state index in [0.29, 0.717) is 36.4 Å². The minimum atomic E-state index is -4.70. The van der Waals surface area contributed by atoms with Crippen molar-refractivity contribution in [1.82, 2.24) is 0 Å². The third-order valence-electron chi connectivity index (χ3n) is 4.00. The quantitative estimate of drug-likeness (QED) is 0.517. The van der Waals surface area contributed by atoms with Crippen LogP contribution in [0.15, 0.2) is 64.4 Å². The van der Waals surface area contributed by atoms with E-state index in [2.05, 4.69) is 0 Å². The predicted molar refractivity (Wildman–Crippen MR) is 105 cm³/mol. The zero-order valence-electron chi connectivity index (χ0n) is 15.6. The molecule has 3 aromatic rings. The predicted octanol–water partition coefficient (Wildman–Crippen LogP) is 3.72. The molecule has 0 aliphatic rings. The number of anilines is 2. The summed E-state index contributed by atoms with van der Waals surface area (Å²) >= 11 is 0. The molecule has 7 nitrogen and oxygen atoms in total. The molecule has 0 spiro atoms. The maximum absolute atomic E-state index is 14.0. The Hall–Kier alpha value is -3.63. The lowest BCUT2D eigenvalue weighted by molar-refractivity contribution is 0.549. The molecule has 0 aliphatic carbocycles. The Kier molecular flexibility index (Phi) is 6.11. The molecule has 0 heterocycles. The van der Waals surface area contributed by atoms with E-state index in [0.717, 1.165) is 18.2 Å². The number of sulfonamides is 2. The summed E-state index contributed by atoms with van der Waals surface area (Å²) in [4.78, 5) is -1.87. The van der Waals surface area contributed by atoms with E-state index in [9.17, 15) is 34.4 Å². The van der Waals surface area contributed by atoms with Crippen molar-refractivity contribution in [2.45, 2.75) is 9.79 Å². The summed E-state index contributed by atoms with van der Waals surface area (Å²) in [5.41, 5.74) is -1.05. The van der Waals surface area contributed by atoms with Crippen LogP contribution in [0.4, 0.5) is 28.9 Å².